The molecule has 0 aromatic heterocycles. The van der Waals surface area contributed by atoms with Gasteiger partial charge in [0.2, 0.25) is 0 Å². The van der Waals surface area contributed by atoms with E-state index < -0.39 is 23.8 Å². The van der Waals surface area contributed by atoms with Gasteiger partial charge in [0, 0.05) is 0 Å². The zero-order valence-electron chi connectivity index (χ0n) is 7.99. The quantitative estimate of drug-likeness (QED) is 0.720. The largest absolute Gasteiger partial charge is 0.458 e. The van der Waals surface area contributed by atoms with Crippen molar-refractivity contribution in [3.63, 3.8) is 0 Å². The SMILES string of the molecule is FC(F)(F)C1(C(F)(F)F)Nc2ccccc2O1. The van der Waals surface area contributed by atoms with E-state index in [2.05, 4.69) is 4.74 Å². The van der Waals surface area contributed by atoms with Gasteiger partial charge in [-0.25, -0.2) is 0 Å². The Kier molecular flexibility index (Phi) is 2.24. The lowest BCUT2D eigenvalue weighted by atomic mass is 10.2. The number of ether oxygens (including phenoxy) is 1. The van der Waals surface area contributed by atoms with Crippen molar-refractivity contribution in [3.05, 3.63) is 24.3 Å². The van der Waals surface area contributed by atoms with Gasteiger partial charge in [-0.2, -0.15) is 26.3 Å². The summed E-state index contributed by atoms with van der Waals surface area (Å²) in [6.07, 6.45) is -11.2. The van der Waals surface area contributed by atoms with Crippen LogP contribution in [0.15, 0.2) is 24.3 Å². The molecule has 17 heavy (non-hydrogen) atoms. The summed E-state index contributed by atoms with van der Waals surface area (Å²) >= 11 is 0. The summed E-state index contributed by atoms with van der Waals surface area (Å²) < 4.78 is 79.5. The summed E-state index contributed by atoms with van der Waals surface area (Å²) in [6.45, 7) is 0. The van der Waals surface area contributed by atoms with Gasteiger partial charge in [0.25, 0.3) is 0 Å². The number of hydrogen-bond donors (Lipinski definition) is 1. The van der Waals surface area contributed by atoms with E-state index in [0.717, 1.165) is 12.1 Å². The van der Waals surface area contributed by atoms with Crippen molar-refractivity contribution in [3.8, 4) is 5.75 Å². The molecule has 1 aromatic rings. The highest BCUT2D eigenvalue weighted by Gasteiger charge is 2.76. The molecule has 1 heterocycles. The van der Waals surface area contributed by atoms with Gasteiger partial charge in [0.1, 0.15) is 5.75 Å². The van der Waals surface area contributed by atoms with Crippen molar-refractivity contribution >= 4 is 5.69 Å². The van der Waals surface area contributed by atoms with Gasteiger partial charge in [0.15, 0.2) is 0 Å². The van der Waals surface area contributed by atoms with E-state index >= 15 is 0 Å². The third kappa shape index (κ3) is 1.58. The van der Waals surface area contributed by atoms with Crippen molar-refractivity contribution in [2.75, 3.05) is 5.32 Å². The lowest BCUT2D eigenvalue weighted by molar-refractivity contribution is -0.341. The lowest BCUT2D eigenvalue weighted by Gasteiger charge is -2.32. The van der Waals surface area contributed by atoms with Crippen LogP contribution in [0.4, 0.5) is 32.0 Å². The van der Waals surface area contributed by atoms with Gasteiger partial charge in [0.05, 0.1) is 5.69 Å². The fourth-order valence-electron chi connectivity index (χ4n) is 1.46. The number of halogens is 6. The van der Waals surface area contributed by atoms with Crippen LogP contribution in [0.5, 0.6) is 5.75 Å². The fraction of sp³-hybridized carbons (Fsp3) is 0.333. The van der Waals surface area contributed by atoms with Crippen LogP contribution in [0.2, 0.25) is 0 Å². The molecule has 2 nitrogen and oxygen atoms in total. The topological polar surface area (TPSA) is 21.3 Å². The molecule has 94 valence electrons. The van der Waals surface area contributed by atoms with Gasteiger partial charge in [-0.05, 0) is 12.1 Å². The molecule has 8 heteroatoms. The lowest BCUT2D eigenvalue weighted by Crippen LogP contribution is -2.64. The number of nitrogens with one attached hydrogen (secondary N) is 1. The van der Waals surface area contributed by atoms with Gasteiger partial charge in [-0.15, -0.1) is 0 Å². The molecule has 0 spiro atoms. The average Bonchev–Trinajstić information content (AvgIpc) is 2.55. The third-order valence-corrected chi connectivity index (χ3v) is 2.26. The van der Waals surface area contributed by atoms with Crippen LogP contribution in [-0.2, 0) is 0 Å². The molecular weight excluding hydrogens is 252 g/mol. The maximum Gasteiger partial charge on any atom is 0.458 e. The minimum Gasteiger partial charge on any atom is -0.449 e. The maximum absolute atomic E-state index is 12.6. The number of para-hydroxylation sites is 2. The van der Waals surface area contributed by atoms with Crippen LogP contribution in [0.25, 0.3) is 0 Å². The van der Waals surface area contributed by atoms with Crippen LogP contribution in [0.3, 0.4) is 0 Å². The highest BCUT2D eigenvalue weighted by Crippen LogP contribution is 2.51. The fourth-order valence-corrected chi connectivity index (χ4v) is 1.46. The zero-order valence-corrected chi connectivity index (χ0v) is 7.99. The number of alkyl halides is 6. The molecular formula is C9H5F6NO. The molecule has 1 aliphatic heterocycles. The predicted octanol–water partition coefficient (Wildman–Crippen LogP) is 3.31. The Labute approximate surface area is 91.2 Å². The Hall–Kier alpha value is -1.60. The predicted molar refractivity (Wildman–Crippen MR) is 45.5 cm³/mol. The second-order valence-electron chi connectivity index (χ2n) is 3.40. The van der Waals surface area contributed by atoms with E-state index in [-0.39, 0.29) is 5.69 Å². The van der Waals surface area contributed by atoms with Crippen LogP contribution in [-0.4, -0.2) is 18.1 Å². The number of anilines is 1. The molecule has 0 atom stereocenters. The minimum absolute atomic E-state index is 0.345. The monoisotopic (exact) mass is 257 g/mol. The standard InChI is InChI=1S/C9H5F6NO/c10-8(11,12)7(9(13,14)15)16-5-3-1-2-4-6(5)17-7/h1-4,16H. The van der Waals surface area contributed by atoms with Gasteiger partial charge in [-0.1, -0.05) is 12.1 Å². The van der Waals surface area contributed by atoms with Crippen LogP contribution in [0.1, 0.15) is 0 Å². The summed E-state index contributed by atoms with van der Waals surface area (Å²) in [5, 5.41) is 1.36. The van der Waals surface area contributed by atoms with Crippen molar-refractivity contribution in [2.24, 2.45) is 0 Å². The Morgan fingerprint density at radius 2 is 1.47 bits per heavy atom. The maximum atomic E-state index is 12.6. The molecule has 2 rings (SSSR count). The number of hydrogen-bond acceptors (Lipinski definition) is 2. The Morgan fingerprint density at radius 1 is 0.941 bits per heavy atom. The highest BCUT2D eigenvalue weighted by atomic mass is 19.4. The van der Waals surface area contributed by atoms with Crippen molar-refractivity contribution in [1.82, 2.24) is 0 Å². The first-order chi connectivity index (χ1) is 7.67. The smallest absolute Gasteiger partial charge is 0.449 e. The van der Waals surface area contributed by atoms with Crippen molar-refractivity contribution < 1.29 is 31.1 Å². The molecule has 0 radical (unpaired) electrons. The molecule has 1 aliphatic rings. The number of rotatable bonds is 0. The van der Waals surface area contributed by atoms with E-state index in [4.69, 9.17) is 0 Å². The van der Waals surface area contributed by atoms with E-state index in [0.29, 0.717) is 0 Å². The van der Waals surface area contributed by atoms with E-state index in [1.807, 2.05) is 0 Å². The molecule has 0 amide bonds. The van der Waals surface area contributed by atoms with E-state index in [9.17, 15) is 26.3 Å². The first-order valence-electron chi connectivity index (χ1n) is 4.37. The molecule has 0 aliphatic carbocycles. The van der Waals surface area contributed by atoms with E-state index in [1.165, 1.54) is 17.4 Å². The third-order valence-electron chi connectivity index (χ3n) is 2.26. The molecule has 1 N–H and O–H groups in total. The molecule has 0 fully saturated rings. The Bertz CT molecular complexity index is 397. The first-order valence-corrected chi connectivity index (χ1v) is 4.37. The summed E-state index contributed by atoms with van der Waals surface area (Å²) in [5.74, 6) is -0.484. The van der Waals surface area contributed by atoms with Gasteiger partial charge >= 0.3 is 18.1 Å². The average molecular weight is 257 g/mol. The van der Waals surface area contributed by atoms with E-state index in [1.54, 1.807) is 0 Å². The highest BCUT2D eigenvalue weighted by molar-refractivity contribution is 5.62. The minimum atomic E-state index is -5.62. The molecule has 0 bridgehead atoms. The summed E-state index contributed by atoms with van der Waals surface area (Å²) in [7, 11) is 0. The zero-order chi connectivity index (χ0) is 12.9. The second kappa shape index (κ2) is 3.21. The van der Waals surface area contributed by atoms with Gasteiger partial charge in [-0.3, -0.25) is 0 Å². The molecule has 0 saturated heterocycles. The van der Waals surface area contributed by atoms with Crippen LogP contribution in [0, 0.1) is 0 Å². The van der Waals surface area contributed by atoms with Crippen molar-refractivity contribution in [2.45, 2.75) is 18.1 Å². The Balaban J connectivity index is 2.50. The van der Waals surface area contributed by atoms with Gasteiger partial charge < -0.3 is 10.1 Å². The number of benzene rings is 1. The molecule has 0 unspecified atom stereocenters. The second-order valence-corrected chi connectivity index (χ2v) is 3.40. The van der Waals surface area contributed by atoms with Crippen LogP contribution >= 0.6 is 0 Å². The summed E-state index contributed by atoms with van der Waals surface area (Å²) in [4.78, 5) is 0. The van der Waals surface area contributed by atoms with Crippen LogP contribution < -0.4 is 10.1 Å². The van der Waals surface area contributed by atoms with Crippen molar-refractivity contribution in [1.29, 1.82) is 0 Å². The Morgan fingerprint density at radius 3 is 1.94 bits per heavy atom. The normalized spacial score (nSPS) is 18.2. The molecule has 0 saturated carbocycles. The first kappa shape index (κ1) is 11.9. The number of fused-ring (bicyclic) bond motifs is 1. The summed E-state index contributed by atoms with van der Waals surface area (Å²) in [6, 6.07) is 4.69. The molecule has 1 aromatic carbocycles. The summed E-state index contributed by atoms with van der Waals surface area (Å²) in [5.41, 5.74) is -4.72.